The van der Waals surface area contributed by atoms with Crippen molar-refractivity contribution in [1.82, 2.24) is 10.6 Å². The Hall–Kier alpha value is -0.0800. The molecule has 2 heterocycles. The van der Waals surface area contributed by atoms with Crippen molar-refractivity contribution < 1.29 is 0 Å². The SMILES string of the molecule is C1CCNC1.CC.CC1CCCN1. The zero-order valence-electron chi connectivity index (χ0n) is 9.53. The first-order valence-corrected chi connectivity index (χ1v) is 5.83. The van der Waals surface area contributed by atoms with Gasteiger partial charge in [0.25, 0.3) is 0 Å². The Morgan fingerprint density at radius 3 is 1.69 bits per heavy atom. The van der Waals surface area contributed by atoms with Crippen molar-refractivity contribution in [1.29, 1.82) is 0 Å². The Kier molecular flexibility index (Phi) is 9.94. The predicted octanol–water partition coefficient (Wildman–Crippen LogP) is 2.15. The number of hydrogen-bond acceptors (Lipinski definition) is 2. The minimum absolute atomic E-state index is 0.796. The second-order valence-corrected chi connectivity index (χ2v) is 3.45. The summed E-state index contributed by atoms with van der Waals surface area (Å²) in [4.78, 5) is 0. The summed E-state index contributed by atoms with van der Waals surface area (Å²) in [7, 11) is 0. The lowest BCUT2D eigenvalue weighted by molar-refractivity contribution is 0.664. The van der Waals surface area contributed by atoms with E-state index >= 15 is 0 Å². The minimum Gasteiger partial charge on any atom is -0.317 e. The van der Waals surface area contributed by atoms with Gasteiger partial charge in [0.15, 0.2) is 0 Å². The van der Waals surface area contributed by atoms with Crippen LogP contribution >= 0.6 is 0 Å². The van der Waals surface area contributed by atoms with Crippen LogP contribution < -0.4 is 10.6 Å². The molecule has 1 atom stereocenters. The first-order valence-electron chi connectivity index (χ1n) is 5.83. The van der Waals surface area contributed by atoms with Crippen molar-refractivity contribution in [3.63, 3.8) is 0 Å². The molecular weight excluding hydrogens is 160 g/mol. The van der Waals surface area contributed by atoms with Gasteiger partial charge in [-0.25, -0.2) is 0 Å². The molecule has 2 nitrogen and oxygen atoms in total. The molecule has 2 heteroatoms. The summed E-state index contributed by atoms with van der Waals surface area (Å²) >= 11 is 0. The van der Waals surface area contributed by atoms with Crippen LogP contribution in [0.4, 0.5) is 0 Å². The Balaban J connectivity index is 0.000000189. The average Bonchev–Trinajstić information content (AvgIpc) is 2.81. The van der Waals surface area contributed by atoms with Crippen LogP contribution in [-0.4, -0.2) is 25.7 Å². The van der Waals surface area contributed by atoms with Gasteiger partial charge in [-0.1, -0.05) is 13.8 Å². The third-order valence-electron chi connectivity index (χ3n) is 2.26. The molecule has 0 aromatic rings. The molecule has 2 saturated heterocycles. The lowest BCUT2D eigenvalue weighted by atomic mass is 10.3. The second kappa shape index (κ2) is 10.0. The minimum atomic E-state index is 0.796. The van der Waals surface area contributed by atoms with E-state index in [-0.39, 0.29) is 0 Å². The van der Waals surface area contributed by atoms with Gasteiger partial charge in [-0.2, -0.15) is 0 Å². The molecule has 0 radical (unpaired) electrons. The summed E-state index contributed by atoms with van der Waals surface area (Å²) in [5, 5.41) is 6.54. The van der Waals surface area contributed by atoms with E-state index in [9.17, 15) is 0 Å². The van der Waals surface area contributed by atoms with Gasteiger partial charge in [-0.15, -0.1) is 0 Å². The van der Waals surface area contributed by atoms with Crippen molar-refractivity contribution in [3.05, 3.63) is 0 Å². The maximum atomic E-state index is 3.32. The maximum Gasteiger partial charge on any atom is 0.00391 e. The monoisotopic (exact) mass is 186 g/mol. The Morgan fingerprint density at radius 1 is 0.923 bits per heavy atom. The molecule has 0 amide bonds. The zero-order valence-corrected chi connectivity index (χ0v) is 9.53. The van der Waals surface area contributed by atoms with Crippen LogP contribution in [0.25, 0.3) is 0 Å². The van der Waals surface area contributed by atoms with E-state index in [1.807, 2.05) is 13.8 Å². The van der Waals surface area contributed by atoms with E-state index in [2.05, 4.69) is 17.6 Å². The van der Waals surface area contributed by atoms with Crippen LogP contribution in [0.2, 0.25) is 0 Å². The highest BCUT2D eigenvalue weighted by Crippen LogP contribution is 2.01. The van der Waals surface area contributed by atoms with Gasteiger partial charge in [-0.05, 0) is 52.2 Å². The van der Waals surface area contributed by atoms with Crippen LogP contribution in [0.5, 0.6) is 0 Å². The fraction of sp³-hybridized carbons (Fsp3) is 1.00. The number of nitrogens with one attached hydrogen (secondary N) is 2. The molecular formula is C11H26N2. The molecule has 0 aromatic carbocycles. The topological polar surface area (TPSA) is 24.1 Å². The Labute approximate surface area is 83.5 Å². The number of hydrogen-bond donors (Lipinski definition) is 2. The fourth-order valence-corrected chi connectivity index (χ4v) is 1.48. The van der Waals surface area contributed by atoms with Crippen LogP contribution in [0, 0.1) is 0 Å². The van der Waals surface area contributed by atoms with Crippen LogP contribution in [-0.2, 0) is 0 Å². The van der Waals surface area contributed by atoms with Crippen molar-refractivity contribution in [3.8, 4) is 0 Å². The van der Waals surface area contributed by atoms with Crippen molar-refractivity contribution in [2.24, 2.45) is 0 Å². The fourth-order valence-electron chi connectivity index (χ4n) is 1.48. The van der Waals surface area contributed by atoms with E-state index in [1.54, 1.807) is 0 Å². The molecule has 80 valence electrons. The molecule has 0 aliphatic carbocycles. The first-order chi connectivity index (χ1) is 6.39. The molecule has 0 bridgehead atoms. The van der Waals surface area contributed by atoms with Gasteiger partial charge in [-0.3, -0.25) is 0 Å². The maximum absolute atomic E-state index is 3.32. The first kappa shape index (κ1) is 12.9. The van der Waals surface area contributed by atoms with Crippen LogP contribution in [0.3, 0.4) is 0 Å². The molecule has 0 spiro atoms. The molecule has 2 fully saturated rings. The Bertz CT molecular complexity index is 76.5. The quantitative estimate of drug-likeness (QED) is 0.606. The van der Waals surface area contributed by atoms with Crippen LogP contribution in [0.15, 0.2) is 0 Å². The van der Waals surface area contributed by atoms with E-state index in [0.717, 1.165) is 6.04 Å². The van der Waals surface area contributed by atoms with Gasteiger partial charge in [0.2, 0.25) is 0 Å². The normalized spacial score (nSPS) is 25.6. The molecule has 0 saturated carbocycles. The van der Waals surface area contributed by atoms with Crippen molar-refractivity contribution in [2.75, 3.05) is 19.6 Å². The predicted molar refractivity (Wildman–Crippen MR) is 60.2 cm³/mol. The highest BCUT2D eigenvalue weighted by atomic mass is 14.9. The number of rotatable bonds is 0. The third-order valence-corrected chi connectivity index (χ3v) is 2.26. The second-order valence-electron chi connectivity index (χ2n) is 3.45. The molecule has 13 heavy (non-hydrogen) atoms. The summed E-state index contributed by atoms with van der Waals surface area (Å²) in [6.45, 7) is 9.97. The molecule has 2 N–H and O–H groups in total. The summed E-state index contributed by atoms with van der Waals surface area (Å²) in [6, 6.07) is 0.796. The Morgan fingerprint density at radius 2 is 1.54 bits per heavy atom. The van der Waals surface area contributed by atoms with Gasteiger partial charge < -0.3 is 10.6 Å². The van der Waals surface area contributed by atoms with Crippen molar-refractivity contribution in [2.45, 2.75) is 52.5 Å². The average molecular weight is 186 g/mol. The van der Waals surface area contributed by atoms with Crippen molar-refractivity contribution >= 4 is 0 Å². The van der Waals surface area contributed by atoms with Gasteiger partial charge in [0.1, 0.15) is 0 Å². The van der Waals surface area contributed by atoms with E-state index in [1.165, 1.54) is 45.3 Å². The molecule has 2 rings (SSSR count). The summed E-state index contributed by atoms with van der Waals surface area (Å²) in [5.74, 6) is 0. The van der Waals surface area contributed by atoms with Gasteiger partial charge in [0, 0.05) is 6.04 Å². The van der Waals surface area contributed by atoms with E-state index in [0.29, 0.717) is 0 Å². The zero-order chi connectivity index (χ0) is 9.94. The van der Waals surface area contributed by atoms with Crippen LogP contribution in [0.1, 0.15) is 46.5 Å². The molecule has 2 aliphatic rings. The molecule has 1 unspecified atom stereocenters. The van der Waals surface area contributed by atoms with E-state index < -0.39 is 0 Å². The standard InChI is InChI=1S/C5H11N.C4H9N.C2H6/c1-5-3-2-4-6-5;1-2-4-5-3-1;1-2/h5-6H,2-4H2,1H3;5H,1-4H2;1-2H3. The highest BCUT2D eigenvalue weighted by molar-refractivity contribution is 4.67. The lowest BCUT2D eigenvalue weighted by Gasteiger charge is -1.95. The summed E-state index contributed by atoms with van der Waals surface area (Å²) < 4.78 is 0. The van der Waals surface area contributed by atoms with Gasteiger partial charge in [0.05, 0.1) is 0 Å². The smallest absolute Gasteiger partial charge is 0.00391 e. The largest absolute Gasteiger partial charge is 0.317 e. The van der Waals surface area contributed by atoms with Gasteiger partial charge >= 0.3 is 0 Å². The molecule has 2 aliphatic heterocycles. The molecule has 0 aromatic heterocycles. The summed E-state index contributed by atoms with van der Waals surface area (Å²) in [5.41, 5.74) is 0. The highest BCUT2D eigenvalue weighted by Gasteiger charge is 2.05. The lowest BCUT2D eigenvalue weighted by Crippen LogP contribution is -2.16. The van der Waals surface area contributed by atoms with E-state index in [4.69, 9.17) is 0 Å². The summed E-state index contributed by atoms with van der Waals surface area (Å²) in [6.07, 6.45) is 5.53. The third kappa shape index (κ3) is 8.26.